The zero-order valence-electron chi connectivity index (χ0n) is 12.8. The molecule has 1 N–H and O–H groups in total. The van der Waals surface area contributed by atoms with Crippen molar-refractivity contribution < 1.29 is 0 Å². The van der Waals surface area contributed by atoms with Gasteiger partial charge in [0.1, 0.15) is 0 Å². The third-order valence-electron chi connectivity index (χ3n) is 5.60. The van der Waals surface area contributed by atoms with Crippen LogP contribution < -0.4 is 5.32 Å². The van der Waals surface area contributed by atoms with E-state index in [9.17, 15) is 0 Å². The van der Waals surface area contributed by atoms with Gasteiger partial charge >= 0.3 is 0 Å². The van der Waals surface area contributed by atoms with E-state index in [4.69, 9.17) is 0 Å². The van der Waals surface area contributed by atoms with Crippen LogP contribution in [0.15, 0.2) is 42.5 Å². The lowest BCUT2D eigenvalue weighted by Gasteiger charge is -2.28. The SMILES string of the molecule is CC(c1ccc2ccccc2c1)N1CCC2(CCNC2)C1. The summed E-state index contributed by atoms with van der Waals surface area (Å²) in [6, 6.07) is 16.1. The van der Waals surface area contributed by atoms with Crippen LogP contribution in [-0.4, -0.2) is 31.1 Å². The summed E-state index contributed by atoms with van der Waals surface area (Å²) in [5.41, 5.74) is 2.02. The van der Waals surface area contributed by atoms with Gasteiger partial charge in [-0.3, -0.25) is 4.90 Å². The number of likely N-dealkylation sites (tertiary alicyclic amines) is 1. The van der Waals surface area contributed by atoms with E-state index in [1.54, 1.807) is 0 Å². The molecule has 0 amide bonds. The molecule has 2 unspecified atom stereocenters. The molecule has 2 atom stereocenters. The van der Waals surface area contributed by atoms with Gasteiger partial charge in [0.05, 0.1) is 0 Å². The molecular formula is C19H24N2. The van der Waals surface area contributed by atoms with E-state index in [1.807, 2.05) is 0 Å². The molecule has 0 aromatic heterocycles. The maximum atomic E-state index is 3.55. The maximum Gasteiger partial charge on any atom is 0.0320 e. The van der Waals surface area contributed by atoms with Gasteiger partial charge < -0.3 is 5.32 Å². The summed E-state index contributed by atoms with van der Waals surface area (Å²) in [5, 5.41) is 6.25. The molecule has 110 valence electrons. The zero-order chi connectivity index (χ0) is 14.3. The van der Waals surface area contributed by atoms with Crippen LogP contribution in [0.4, 0.5) is 0 Å². The van der Waals surface area contributed by atoms with E-state index in [-0.39, 0.29) is 0 Å². The first-order valence-electron chi connectivity index (χ1n) is 8.19. The molecule has 2 aliphatic heterocycles. The zero-order valence-corrected chi connectivity index (χ0v) is 12.8. The normalized spacial score (nSPS) is 27.7. The molecule has 2 aromatic rings. The van der Waals surface area contributed by atoms with E-state index in [0.717, 1.165) is 0 Å². The van der Waals surface area contributed by atoms with Gasteiger partial charge in [0.15, 0.2) is 0 Å². The average molecular weight is 280 g/mol. The first-order valence-corrected chi connectivity index (χ1v) is 8.19. The Bertz CT molecular complexity index is 643. The Morgan fingerprint density at radius 2 is 1.95 bits per heavy atom. The average Bonchev–Trinajstić information content (AvgIpc) is 3.17. The van der Waals surface area contributed by atoms with Gasteiger partial charge in [-0.1, -0.05) is 36.4 Å². The van der Waals surface area contributed by atoms with Gasteiger partial charge in [-0.2, -0.15) is 0 Å². The molecule has 2 heterocycles. The van der Waals surface area contributed by atoms with Crippen molar-refractivity contribution in [2.24, 2.45) is 5.41 Å². The summed E-state index contributed by atoms with van der Waals surface area (Å²) in [6.07, 6.45) is 2.71. The third kappa shape index (κ3) is 2.37. The molecule has 0 aliphatic carbocycles. The highest BCUT2D eigenvalue weighted by atomic mass is 15.2. The Kier molecular flexibility index (Phi) is 3.24. The number of hydrogen-bond donors (Lipinski definition) is 1. The first-order chi connectivity index (χ1) is 10.3. The summed E-state index contributed by atoms with van der Waals surface area (Å²) in [5.74, 6) is 0. The first kappa shape index (κ1) is 13.3. The van der Waals surface area contributed by atoms with Gasteiger partial charge in [0.2, 0.25) is 0 Å². The van der Waals surface area contributed by atoms with Crippen molar-refractivity contribution >= 4 is 10.8 Å². The van der Waals surface area contributed by atoms with E-state index >= 15 is 0 Å². The predicted octanol–water partition coefficient (Wildman–Crippen LogP) is 3.59. The molecule has 1 spiro atoms. The molecule has 2 fully saturated rings. The highest BCUT2D eigenvalue weighted by molar-refractivity contribution is 5.83. The van der Waals surface area contributed by atoms with Crippen molar-refractivity contribution in [1.29, 1.82) is 0 Å². The summed E-state index contributed by atoms with van der Waals surface area (Å²) in [6.45, 7) is 7.29. The second kappa shape index (κ2) is 5.11. The van der Waals surface area contributed by atoms with Gasteiger partial charge in [0, 0.05) is 19.1 Å². The molecule has 0 radical (unpaired) electrons. The number of fused-ring (bicyclic) bond motifs is 1. The molecule has 4 rings (SSSR count). The number of hydrogen-bond acceptors (Lipinski definition) is 2. The Morgan fingerprint density at radius 3 is 2.76 bits per heavy atom. The largest absolute Gasteiger partial charge is 0.316 e. The Balaban J connectivity index is 1.57. The topological polar surface area (TPSA) is 15.3 Å². The lowest BCUT2D eigenvalue weighted by atomic mass is 9.86. The molecule has 2 heteroatoms. The van der Waals surface area contributed by atoms with Crippen LogP contribution in [0.3, 0.4) is 0 Å². The maximum absolute atomic E-state index is 3.55. The van der Waals surface area contributed by atoms with Crippen LogP contribution in [0, 0.1) is 5.41 Å². The molecule has 2 aromatic carbocycles. The fraction of sp³-hybridized carbons (Fsp3) is 0.474. The Labute approximate surface area is 127 Å². The minimum atomic E-state index is 0.523. The summed E-state index contributed by atoms with van der Waals surface area (Å²) in [7, 11) is 0. The van der Waals surface area contributed by atoms with E-state index < -0.39 is 0 Å². The Morgan fingerprint density at radius 1 is 1.10 bits per heavy atom. The predicted molar refractivity (Wildman–Crippen MR) is 88.5 cm³/mol. The van der Waals surface area contributed by atoms with Gasteiger partial charge in [-0.25, -0.2) is 0 Å². The molecule has 21 heavy (non-hydrogen) atoms. The van der Waals surface area contributed by atoms with Crippen LogP contribution in [0.25, 0.3) is 10.8 Å². The molecule has 2 nitrogen and oxygen atoms in total. The fourth-order valence-corrected chi connectivity index (χ4v) is 4.12. The number of nitrogens with one attached hydrogen (secondary N) is 1. The van der Waals surface area contributed by atoms with Crippen LogP contribution in [-0.2, 0) is 0 Å². The second-order valence-electron chi connectivity index (χ2n) is 6.93. The highest BCUT2D eigenvalue weighted by Crippen LogP contribution is 2.39. The third-order valence-corrected chi connectivity index (χ3v) is 5.60. The molecule has 0 saturated carbocycles. The summed E-state index contributed by atoms with van der Waals surface area (Å²) >= 11 is 0. The van der Waals surface area contributed by atoms with E-state index in [1.165, 1.54) is 55.4 Å². The quantitative estimate of drug-likeness (QED) is 0.904. The van der Waals surface area contributed by atoms with E-state index in [2.05, 4.69) is 59.6 Å². The molecule has 0 bridgehead atoms. The lowest BCUT2D eigenvalue weighted by molar-refractivity contribution is 0.224. The van der Waals surface area contributed by atoms with Crippen molar-refractivity contribution in [2.75, 3.05) is 26.2 Å². The number of benzene rings is 2. The van der Waals surface area contributed by atoms with Crippen LogP contribution >= 0.6 is 0 Å². The van der Waals surface area contributed by atoms with Crippen LogP contribution in [0.2, 0.25) is 0 Å². The fourth-order valence-electron chi connectivity index (χ4n) is 4.12. The minimum absolute atomic E-state index is 0.523. The van der Waals surface area contributed by atoms with Crippen molar-refractivity contribution in [1.82, 2.24) is 10.2 Å². The van der Waals surface area contributed by atoms with E-state index in [0.29, 0.717) is 11.5 Å². The summed E-state index contributed by atoms with van der Waals surface area (Å²) in [4.78, 5) is 2.68. The molecule has 2 aliphatic rings. The number of rotatable bonds is 2. The highest BCUT2D eigenvalue weighted by Gasteiger charge is 2.41. The van der Waals surface area contributed by atoms with Gasteiger partial charge in [0.25, 0.3) is 0 Å². The van der Waals surface area contributed by atoms with Gasteiger partial charge in [-0.15, -0.1) is 0 Å². The van der Waals surface area contributed by atoms with Gasteiger partial charge in [-0.05, 0) is 60.7 Å². The van der Waals surface area contributed by atoms with Crippen molar-refractivity contribution in [3.8, 4) is 0 Å². The standard InChI is InChI=1S/C19H24N2/c1-15(21-11-9-19(14-21)8-10-20-13-19)17-7-6-16-4-2-3-5-18(16)12-17/h2-7,12,15,20H,8-11,13-14H2,1H3. The monoisotopic (exact) mass is 280 g/mol. The molecule has 2 saturated heterocycles. The van der Waals surface area contributed by atoms with Crippen molar-refractivity contribution in [2.45, 2.75) is 25.8 Å². The minimum Gasteiger partial charge on any atom is -0.316 e. The molecular weight excluding hydrogens is 256 g/mol. The smallest absolute Gasteiger partial charge is 0.0320 e. The second-order valence-corrected chi connectivity index (χ2v) is 6.93. The van der Waals surface area contributed by atoms with Crippen molar-refractivity contribution in [3.05, 3.63) is 48.0 Å². The van der Waals surface area contributed by atoms with Crippen molar-refractivity contribution in [3.63, 3.8) is 0 Å². The summed E-state index contributed by atoms with van der Waals surface area (Å²) < 4.78 is 0. The van der Waals surface area contributed by atoms with Crippen LogP contribution in [0.1, 0.15) is 31.4 Å². The number of nitrogens with zero attached hydrogens (tertiary/aromatic N) is 1. The van der Waals surface area contributed by atoms with Crippen LogP contribution in [0.5, 0.6) is 0 Å². The Hall–Kier alpha value is -1.38. The lowest BCUT2D eigenvalue weighted by Crippen LogP contribution is -2.30.